The zero-order valence-electron chi connectivity index (χ0n) is 8.70. The number of hydrogen-bond donors (Lipinski definition) is 0. The molecule has 16 heavy (non-hydrogen) atoms. The van der Waals surface area contributed by atoms with Crippen molar-refractivity contribution in [1.29, 1.82) is 5.26 Å². The summed E-state index contributed by atoms with van der Waals surface area (Å²) in [5, 5.41) is 9.71. The van der Waals surface area contributed by atoms with Gasteiger partial charge < -0.3 is 0 Å². The quantitative estimate of drug-likeness (QED) is 0.839. The molecule has 1 aromatic heterocycles. The Morgan fingerprint density at radius 1 is 1.38 bits per heavy atom. The first-order chi connectivity index (χ1) is 7.74. The SMILES string of the molecule is CCc1ccc(-c2nc(C#N)c(Br)s2)cc1. The Bertz CT molecular complexity index is 537. The first-order valence-electron chi connectivity index (χ1n) is 4.90. The van der Waals surface area contributed by atoms with Gasteiger partial charge in [0.25, 0.3) is 0 Å². The first kappa shape index (κ1) is 11.3. The van der Waals surface area contributed by atoms with Crippen molar-refractivity contribution in [2.45, 2.75) is 13.3 Å². The lowest BCUT2D eigenvalue weighted by Gasteiger charge is -1.98. The third-order valence-corrected chi connectivity index (χ3v) is 4.05. The van der Waals surface area contributed by atoms with Crippen LogP contribution in [0.25, 0.3) is 10.6 Å². The number of hydrogen-bond acceptors (Lipinski definition) is 3. The average Bonchev–Trinajstić information content (AvgIpc) is 2.71. The van der Waals surface area contributed by atoms with Crippen LogP contribution in [-0.2, 0) is 6.42 Å². The van der Waals surface area contributed by atoms with Gasteiger partial charge in [0.05, 0.1) is 0 Å². The van der Waals surface area contributed by atoms with Crippen molar-refractivity contribution in [3.63, 3.8) is 0 Å². The van der Waals surface area contributed by atoms with Crippen LogP contribution in [0.2, 0.25) is 0 Å². The smallest absolute Gasteiger partial charge is 0.166 e. The van der Waals surface area contributed by atoms with Crippen LogP contribution in [0.5, 0.6) is 0 Å². The van der Waals surface area contributed by atoms with E-state index < -0.39 is 0 Å². The molecule has 1 aromatic carbocycles. The van der Waals surface area contributed by atoms with Gasteiger partial charge in [-0.15, -0.1) is 11.3 Å². The van der Waals surface area contributed by atoms with Crippen molar-refractivity contribution in [3.05, 3.63) is 39.3 Å². The van der Waals surface area contributed by atoms with Crippen LogP contribution >= 0.6 is 27.3 Å². The van der Waals surface area contributed by atoms with Gasteiger partial charge in [-0.1, -0.05) is 31.2 Å². The molecule has 4 heteroatoms. The molecular weight excluding hydrogens is 284 g/mol. The number of aryl methyl sites for hydroxylation is 1. The summed E-state index contributed by atoms with van der Waals surface area (Å²) >= 11 is 4.82. The molecule has 2 aromatic rings. The van der Waals surface area contributed by atoms with Crippen LogP contribution in [0.15, 0.2) is 28.1 Å². The zero-order valence-corrected chi connectivity index (χ0v) is 11.1. The number of halogens is 1. The maximum Gasteiger partial charge on any atom is 0.166 e. The Hall–Kier alpha value is -1.18. The van der Waals surface area contributed by atoms with Crippen molar-refractivity contribution in [2.75, 3.05) is 0 Å². The van der Waals surface area contributed by atoms with E-state index in [1.165, 1.54) is 16.9 Å². The number of benzene rings is 1. The molecule has 2 nitrogen and oxygen atoms in total. The van der Waals surface area contributed by atoms with E-state index in [1.807, 2.05) is 12.1 Å². The van der Waals surface area contributed by atoms with Gasteiger partial charge in [-0.2, -0.15) is 5.26 Å². The maximum absolute atomic E-state index is 8.83. The van der Waals surface area contributed by atoms with Crippen LogP contribution in [0.1, 0.15) is 18.2 Å². The van der Waals surface area contributed by atoms with E-state index in [-0.39, 0.29) is 0 Å². The Balaban J connectivity index is 2.39. The zero-order chi connectivity index (χ0) is 11.5. The van der Waals surface area contributed by atoms with Gasteiger partial charge in [0.2, 0.25) is 0 Å². The number of thiazole rings is 1. The van der Waals surface area contributed by atoms with E-state index >= 15 is 0 Å². The fraction of sp³-hybridized carbons (Fsp3) is 0.167. The lowest BCUT2D eigenvalue weighted by atomic mass is 10.1. The van der Waals surface area contributed by atoms with Crippen molar-refractivity contribution < 1.29 is 0 Å². The molecule has 0 aliphatic heterocycles. The van der Waals surface area contributed by atoms with E-state index in [0.717, 1.165) is 20.8 Å². The molecule has 2 rings (SSSR count). The Morgan fingerprint density at radius 3 is 2.56 bits per heavy atom. The van der Waals surface area contributed by atoms with Crippen LogP contribution in [0, 0.1) is 11.3 Å². The van der Waals surface area contributed by atoms with E-state index in [4.69, 9.17) is 5.26 Å². The molecule has 80 valence electrons. The number of nitrogens with zero attached hydrogens (tertiary/aromatic N) is 2. The van der Waals surface area contributed by atoms with Crippen LogP contribution in [0.4, 0.5) is 0 Å². The Labute approximate surface area is 107 Å². The summed E-state index contributed by atoms with van der Waals surface area (Å²) in [5.74, 6) is 0. The highest BCUT2D eigenvalue weighted by molar-refractivity contribution is 9.11. The summed E-state index contributed by atoms with van der Waals surface area (Å²) in [6, 6.07) is 10.3. The molecule has 0 aliphatic rings. The van der Waals surface area contributed by atoms with E-state index in [9.17, 15) is 0 Å². The highest BCUT2D eigenvalue weighted by Crippen LogP contribution is 2.31. The molecule has 0 radical (unpaired) electrons. The second-order valence-electron chi connectivity index (χ2n) is 3.30. The minimum absolute atomic E-state index is 0.458. The molecule has 0 bridgehead atoms. The van der Waals surface area contributed by atoms with Crippen LogP contribution in [-0.4, -0.2) is 4.98 Å². The predicted molar refractivity (Wildman–Crippen MR) is 69.3 cm³/mol. The summed E-state index contributed by atoms with van der Waals surface area (Å²) in [4.78, 5) is 4.26. The molecule has 0 saturated heterocycles. The van der Waals surface area contributed by atoms with Crippen molar-refractivity contribution in [2.24, 2.45) is 0 Å². The summed E-state index contributed by atoms with van der Waals surface area (Å²) in [5.41, 5.74) is 2.82. The fourth-order valence-electron chi connectivity index (χ4n) is 1.38. The van der Waals surface area contributed by atoms with Gasteiger partial charge in [-0.25, -0.2) is 4.98 Å². The summed E-state index contributed by atoms with van der Waals surface area (Å²) in [6.45, 7) is 2.13. The third kappa shape index (κ3) is 2.16. The lowest BCUT2D eigenvalue weighted by Crippen LogP contribution is -1.81. The van der Waals surface area contributed by atoms with Gasteiger partial charge in [0.1, 0.15) is 14.9 Å². The van der Waals surface area contributed by atoms with Gasteiger partial charge in [0.15, 0.2) is 5.69 Å². The molecule has 0 fully saturated rings. The largest absolute Gasteiger partial charge is 0.224 e. The van der Waals surface area contributed by atoms with Gasteiger partial charge in [-0.3, -0.25) is 0 Å². The van der Waals surface area contributed by atoms with Crippen molar-refractivity contribution in [3.8, 4) is 16.6 Å². The lowest BCUT2D eigenvalue weighted by molar-refractivity contribution is 1.14. The monoisotopic (exact) mass is 292 g/mol. The molecule has 0 saturated carbocycles. The Kier molecular flexibility index (Phi) is 3.37. The molecular formula is C12H9BrN2S. The number of nitriles is 1. The average molecular weight is 293 g/mol. The second kappa shape index (κ2) is 4.77. The second-order valence-corrected chi connectivity index (χ2v) is 5.62. The molecule has 0 amide bonds. The normalized spacial score (nSPS) is 10.1. The molecule has 0 N–H and O–H groups in total. The topological polar surface area (TPSA) is 36.7 Å². The minimum Gasteiger partial charge on any atom is -0.224 e. The van der Waals surface area contributed by atoms with E-state index in [0.29, 0.717) is 5.69 Å². The van der Waals surface area contributed by atoms with Gasteiger partial charge in [-0.05, 0) is 27.9 Å². The standard InChI is InChI=1S/C12H9BrN2S/c1-2-8-3-5-9(6-4-8)12-15-10(7-14)11(13)16-12/h3-6H,2H2,1H3. The van der Waals surface area contributed by atoms with Gasteiger partial charge >= 0.3 is 0 Å². The Morgan fingerprint density at radius 2 is 2.06 bits per heavy atom. The molecule has 0 aliphatic carbocycles. The molecule has 0 spiro atoms. The molecule has 0 atom stereocenters. The van der Waals surface area contributed by atoms with Crippen LogP contribution < -0.4 is 0 Å². The number of rotatable bonds is 2. The fourth-order valence-corrected chi connectivity index (χ4v) is 2.76. The minimum atomic E-state index is 0.458. The highest BCUT2D eigenvalue weighted by Gasteiger charge is 2.09. The van der Waals surface area contributed by atoms with Crippen LogP contribution in [0.3, 0.4) is 0 Å². The van der Waals surface area contributed by atoms with E-state index in [2.05, 4.69) is 46.0 Å². The molecule has 0 unspecified atom stereocenters. The predicted octanol–water partition coefficient (Wildman–Crippen LogP) is 4.01. The summed E-state index contributed by atoms with van der Waals surface area (Å²) < 4.78 is 0.796. The van der Waals surface area contributed by atoms with Crippen molar-refractivity contribution in [1.82, 2.24) is 4.98 Å². The summed E-state index contributed by atoms with van der Waals surface area (Å²) in [7, 11) is 0. The third-order valence-electron chi connectivity index (χ3n) is 2.30. The summed E-state index contributed by atoms with van der Waals surface area (Å²) in [6.07, 6.45) is 1.03. The highest BCUT2D eigenvalue weighted by atomic mass is 79.9. The van der Waals surface area contributed by atoms with Gasteiger partial charge in [0, 0.05) is 5.56 Å². The maximum atomic E-state index is 8.83. The molecule has 1 heterocycles. The van der Waals surface area contributed by atoms with E-state index in [1.54, 1.807) is 0 Å². The number of aromatic nitrogens is 1. The first-order valence-corrected chi connectivity index (χ1v) is 6.51. The van der Waals surface area contributed by atoms with Crippen molar-refractivity contribution >= 4 is 27.3 Å².